The van der Waals surface area contributed by atoms with E-state index in [9.17, 15) is 14.4 Å². The van der Waals surface area contributed by atoms with Crippen LogP contribution in [0.2, 0.25) is 0 Å². The third kappa shape index (κ3) is 4.08. The van der Waals surface area contributed by atoms with Crippen LogP contribution in [0.3, 0.4) is 0 Å². The van der Waals surface area contributed by atoms with Gasteiger partial charge in [-0.1, -0.05) is 30.3 Å². The molecule has 1 aliphatic rings. The number of benzene rings is 2. The maximum Gasteiger partial charge on any atom is 0.335 e. The van der Waals surface area contributed by atoms with Crippen molar-refractivity contribution in [3.8, 4) is 0 Å². The summed E-state index contributed by atoms with van der Waals surface area (Å²) < 4.78 is 0. The van der Waals surface area contributed by atoms with E-state index in [1.807, 2.05) is 29.2 Å². The second kappa shape index (κ2) is 7.82. The number of carboxylic acids is 1. The van der Waals surface area contributed by atoms with Gasteiger partial charge in [0.25, 0.3) is 5.91 Å². The van der Waals surface area contributed by atoms with E-state index >= 15 is 0 Å². The maximum atomic E-state index is 12.3. The largest absolute Gasteiger partial charge is 0.478 e. The van der Waals surface area contributed by atoms with Crippen molar-refractivity contribution in [3.63, 3.8) is 0 Å². The SMILES string of the molecule is O=C(O)c1cccc(C(=O)NCc2ccccc2CN2CCCC2=O)c1. The predicted octanol–water partition coefficient (Wildman–Crippen LogP) is 2.44. The van der Waals surface area contributed by atoms with Gasteiger partial charge in [0.05, 0.1) is 5.56 Å². The van der Waals surface area contributed by atoms with Gasteiger partial charge in [0, 0.05) is 31.6 Å². The number of carbonyl (C=O) groups is 3. The number of hydrogen-bond acceptors (Lipinski definition) is 3. The number of likely N-dealkylation sites (tertiary alicyclic amines) is 1. The van der Waals surface area contributed by atoms with Crippen LogP contribution in [-0.2, 0) is 17.9 Å². The average Bonchev–Trinajstić information content (AvgIpc) is 3.05. The van der Waals surface area contributed by atoms with Gasteiger partial charge < -0.3 is 15.3 Å². The molecular formula is C20H20N2O4. The maximum absolute atomic E-state index is 12.3. The molecule has 0 saturated carbocycles. The first-order valence-electron chi connectivity index (χ1n) is 8.50. The molecule has 6 nitrogen and oxygen atoms in total. The van der Waals surface area contributed by atoms with E-state index in [4.69, 9.17) is 5.11 Å². The minimum atomic E-state index is -1.07. The summed E-state index contributed by atoms with van der Waals surface area (Å²) in [5.74, 6) is -1.24. The van der Waals surface area contributed by atoms with Gasteiger partial charge in [0.15, 0.2) is 0 Å². The van der Waals surface area contributed by atoms with E-state index < -0.39 is 5.97 Å². The second-order valence-electron chi connectivity index (χ2n) is 6.26. The summed E-state index contributed by atoms with van der Waals surface area (Å²) in [6.07, 6.45) is 1.48. The van der Waals surface area contributed by atoms with Crippen molar-refractivity contribution < 1.29 is 19.5 Å². The lowest BCUT2D eigenvalue weighted by atomic mass is 10.1. The molecule has 3 rings (SSSR count). The van der Waals surface area contributed by atoms with Gasteiger partial charge in [-0.3, -0.25) is 9.59 Å². The molecule has 0 unspecified atom stereocenters. The lowest BCUT2D eigenvalue weighted by molar-refractivity contribution is -0.128. The van der Waals surface area contributed by atoms with Crippen LogP contribution in [0.1, 0.15) is 44.7 Å². The van der Waals surface area contributed by atoms with E-state index in [2.05, 4.69) is 5.32 Å². The number of carbonyl (C=O) groups excluding carboxylic acids is 2. The van der Waals surface area contributed by atoms with Crippen LogP contribution < -0.4 is 5.32 Å². The summed E-state index contributed by atoms with van der Waals surface area (Å²) in [7, 11) is 0. The van der Waals surface area contributed by atoms with Crippen LogP contribution in [0.4, 0.5) is 0 Å². The van der Waals surface area contributed by atoms with E-state index in [0.717, 1.165) is 24.1 Å². The Hall–Kier alpha value is -3.15. The highest BCUT2D eigenvalue weighted by Gasteiger charge is 2.21. The first-order valence-corrected chi connectivity index (χ1v) is 8.50. The van der Waals surface area contributed by atoms with Crippen molar-refractivity contribution in [2.24, 2.45) is 0 Å². The minimum absolute atomic E-state index is 0.0746. The highest BCUT2D eigenvalue weighted by Crippen LogP contribution is 2.17. The third-order valence-electron chi connectivity index (χ3n) is 4.46. The van der Waals surface area contributed by atoms with Crippen LogP contribution in [0.15, 0.2) is 48.5 Å². The van der Waals surface area contributed by atoms with Crippen molar-refractivity contribution in [1.82, 2.24) is 10.2 Å². The predicted molar refractivity (Wildman–Crippen MR) is 95.7 cm³/mol. The van der Waals surface area contributed by atoms with Crippen molar-refractivity contribution in [2.75, 3.05) is 6.54 Å². The summed E-state index contributed by atoms with van der Waals surface area (Å²) >= 11 is 0. The van der Waals surface area contributed by atoms with Crippen molar-refractivity contribution in [1.29, 1.82) is 0 Å². The third-order valence-corrected chi connectivity index (χ3v) is 4.46. The Kier molecular flexibility index (Phi) is 5.31. The number of amides is 2. The van der Waals surface area contributed by atoms with Crippen molar-refractivity contribution in [3.05, 3.63) is 70.8 Å². The molecule has 2 N–H and O–H groups in total. The summed E-state index contributed by atoms with van der Waals surface area (Å²) in [5.41, 5.74) is 2.32. The molecule has 0 atom stereocenters. The van der Waals surface area contributed by atoms with E-state index in [1.165, 1.54) is 12.1 Å². The Bertz CT molecular complexity index is 847. The molecule has 1 fully saturated rings. The Labute approximate surface area is 151 Å². The lowest BCUT2D eigenvalue weighted by Crippen LogP contribution is -2.27. The van der Waals surface area contributed by atoms with Crippen molar-refractivity contribution in [2.45, 2.75) is 25.9 Å². The first-order chi connectivity index (χ1) is 12.5. The fourth-order valence-corrected chi connectivity index (χ4v) is 3.03. The highest BCUT2D eigenvalue weighted by atomic mass is 16.4. The van der Waals surface area contributed by atoms with Gasteiger partial charge in [-0.2, -0.15) is 0 Å². The molecular weight excluding hydrogens is 332 g/mol. The molecule has 1 heterocycles. The minimum Gasteiger partial charge on any atom is -0.478 e. The second-order valence-corrected chi connectivity index (χ2v) is 6.26. The molecule has 2 amide bonds. The Morgan fingerprint density at radius 3 is 2.46 bits per heavy atom. The normalized spacial score (nSPS) is 13.7. The van der Waals surface area contributed by atoms with Gasteiger partial charge in [-0.15, -0.1) is 0 Å². The fourth-order valence-electron chi connectivity index (χ4n) is 3.03. The Balaban J connectivity index is 1.68. The van der Waals surface area contributed by atoms with Crippen LogP contribution in [0.5, 0.6) is 0 Å². The molecule has 0 radical (unpaired) electrons. The molecule has 1 aliphatic heterocycles. The monoisotopic (exact) mass is 352 g/mol. The smallest absolute Gasteiger partial charge is 0.335 e. The number of nitrogens with zero attached hydrogens (tertiary/aromatic N) is 1. The number of hydrogen-bond donors (Lipinski definition) is 2. The quantitative estimate of drug-likeness (QED) is 0.836. The molecule has 134 valence electrons. The van der Waals surface area contributed by atoms with Gasteiger partial charge in [-0.25, -0.2) is 4.79 Å². The molecule has 0 aromatic heterocycles. The summed E-state index contributed by atoms with van der Waals surface area (Å²) in [4.78, 5) is 37.0. The van der Waals surface area contributed by atoms with E-state index in [1.54, 1.807) is 12.1 Å². The van der Waals surface area contributed by atoms with Crippen molar-refractivity contribution >= 4 is 17.8 Å². The van der Waals surface area contributed by atoms with Crippen LogP contribution in [0.25, 0.3) is 0 Å². The molecule has 6 heteroatoms. The number of nitrogens with one attached hydrogen (secondary N) is 1. The zero-order valence-corrected chi connectivity index (χ0v) is 14.3. The molecule has 1 saturated heterocycles. The molecule has 2 aromatic rings. The van der Waals surface area contributed by atoms with E-state index in [0.29, 0.717) is 25.1 Å². The van der Waals surface area contributed by atoms with Crippen LogP contribution in [0, 0.1) is 0 Å². The number of rotatable bonds is 6. The summed E-state index contributed by atoms with van der Waals surface area (Å²) in [5, 5.41) is 11.9. The van der Waals surface area contributed by atoms with Gasteiger partial charge in [-0.05, 0) is 35.7 Å². The van der Waals surface area contributed by atoms with Gasteiger partial charge in [0.1, 0.15) is 0 Å². The Morgan fingerprint density at radius 1 is 1.04 bits per heavy atom. The summed E-state index contributed by atoms with van der Waals surface area (Å²) in [6, 6.07) is 13.6. The van der Waals surface area contributed by atoms with Gasteiger partial charge >= 0.3 is 5.97 Å². The topological polar surface area (TPSA) is 86.7 Å². The summed E-state index contributed by atoms with van der Waals surface area (Å²) in [6.45, 7) is 1.62. The van der Waals surface area contributed by atoms with Crippen LogP contribution >= 0.6 is 0 Å². The zero-order chi connectivity index (χ0) is 18.5. The molecule has 2 aromatic carbocycles. The molecule has 0 aliphatic carbocycles. The lowest BCUT2D eigenvalue weighted by Gasteiger charge is -2.18. The molecule has 0 bridgehead atoms. The standard InChI is InChI=1S/C20H20N2O4/c23-18-9-4-10-22(18)13-17-6-2-1-5-16(17)12-21-19(24)14-7-3-8-15(11-14)20(25)26/h1-3,5-8,11H,4,9-10,12-13H2,(H,21,24)(H,25,26). The zero-order valence-electron chi connectivity index (χ0n) is 14.3. The van der Waals surface area contributed by atoms with Gasteiger partial charge in [0.2, 0.25) is 5.91 Å². The average molecular weight is 352 g/mol. The first kappa shape index (κ1) is 17.7. The molecule has 26 heavy (non-hydrogen) atoms. The fraction of sp³-hybridized carbons (Fsp3) is 0.250. The number of aromatic carboxylic acids is 1. The highest BCUT2D eigenvalue weighted by molar-refractivity contribution is 5.97. The number of carboxylic acid groups (broad SMARTS) is 1. The van der Waals surface area contributed by atoms with E-state index in [-0.39, 0.29) is 17.4 Å². The Morgan fingerprint density at radius 2 is 1.77 bits per heavy atom. The molecule has 0 spiro atoms. The van der Waals surface area contributed by atoms with Crippen LogP contribution in [-0.4, -0.2) is 34.3 Å².